The van der Waals surface area contributed by atoms with Crippen LogP contribution >= 0.6 is 0 Å². The highest BCUT2D eigenvalue weighted by atomic mass is 19.4. The number of carbonyl (C=O) groups is 1. The Bertz CT molecular complexity index is 679. The molecule has 0 radical (unpaired) electrons. The summed E-state index contributed by atoms with van der Waals surface area (Å²) in [6.07, 6.45) is -2.50. The summed E-state index contributed by atoms with van der Waals surface area (Å²) in [5.74, 6) is -0.586. The minimum Gasteiger partial charge on any atom is -0.406 e. The first kappa shape index (κ1) is 14.4. The van der Waals surface area contributed by atoms with Gasteiger partial charge in [-0.2, -0.15) is 0 Å². The number of carbonyl (C=O) groups excluding carboxylic acids is 1. The van der Waals surface area contributed by atoms with Crippen molar-refractivity contribution >= 4 is 5.91 Å². The van der Waals surface area contributed by atoms with Crippen molar-refractivity contribution in [2.45, 2.75) is 19.3 Å². The Morgan fingerprint density at radius 3 is 2.68 bits per heavy atom. The van der Waals surface area contributed by atoms with Gasteiger partial charge in [0.05, 0.1) is 24.3 Å². The number of H-pyrrole nitrogens is 1. The molecule has 0 fully saturated rings. The van der Waals surface area contributed by atoms with Gasteiger partial charge in [0.2, 0.25) is 0 Å². The fourth-order valence-electron chi connectivity index (χ4n) is 2.37. The molecule has 0 atom stereocenters. The summed E-state index contributed by atoms with van der Waals surface area (Å²) in [6, 6.07) is 4.91. The van der Waals surface area contributed by atoms with Gasteiger partial charge in [0.15, 0.2) is 0 Å². The van der Waals surface area contributed by atoms with Crippen LogP contribution in [0.25, 0.3) is 0 Å². The largest absolute Gasteiger partial charge is 0.573 e. The number of aromatic amines is 1. The first-order valence-electron chi connectivity index (χ1n) is 6.58. The number of aromatic nitrogens is 2. The van der Waals surface area contributed by atoms with E-state index in [4.69, 9.17) is 0 Å². The quantitative estimate of drug-likeness (QED) is 0.927. The number of alkyl halides is 3. The van der Waals surface area contributed by atoms with Crippen LogP contribution in [0, 0.1) is 0 Å². The normalized spacial score (nSPS) is 14.6. The van der Waals surface area contributed by atoms with Gasteiger partial charge in [-0.25, -0.2) is 4.98 Å². The monoisotopic (exact) mass is 311 g/mol. The Kier molecular flexibility index (Phi) is 3.51. The third kappa shape index (κ3) is 3.05. The van der Waals surface area contributed by atoms with Crippen molar-refractivity contribution in [2.75, 3.05) is 6.54 Å². The van der Waals surface area contributed by atoms with E-state index in [9.17, 15) is 18.0 Å². The van der Waals surface area contributed by atoms with Crippen molar-refractivity contribution in [1.29, 1.82) is 0 Å². The van der Waals surface area contributed by atoms with Crippen LogP contribution < -0.4 is 4.74 Å². The molecule has 22 heavy (non-hydrogen) atoms. The third-order valence-corrected chi connectivity index (χ3v) is 3.40. The Hall–Kier alpha value is -2.51. The zero-order valence-corrected chi connectivity index (χ0v) is 11.4. The van der Waals surface area contributed by atoms with E-state index >= 15 is 0 Å². The Morgan fingerprint density at radius 1 is 1.27 bits per heavy atom. The van der Waals surface area contributed by atoms with Gasteiger partial charge in [-0.15, -0.1) is 13.2 Å². The Labute approximate surface area is 123 Å². The van der Waals surface area contributed by atoms with E-state index < -0.39 is 6.36 Å². The predicted molar refractivity (Wildman–Crippen MR) is 70.2 cm³/mol. The minimum absolute atomic E-state index is 0.237. The number of hydrogen-bond donors (Lipinski definition) is 1. The van der Waals surface area contributed by atoms with Crippen LogP contribution in [0.4, 0.5) is 13.2 Å². The van der Waals surface area contributed by atoms with Gasteiger partial charge in [0.1, 0.15) is 5.75 Å². The lowest BCUT2D eigenvalue weighted by Gasteiger charge is -2.26. The van der Waals surface area contributed by atoms with Crippen LogP contribution in [0.5, 0.6) is 5.75 Å². The highest BCUT2D eigenvalue weighted by molar-refractivity contribution is 5.94. The predicted octanol–water partition coefficient (Wildman–Crippen LogP) is 2.51. The lowest BCUT2D eigenvalue weighted by atomic mass is 10.1. The molecule has 0 aliphatic carbocycles. The molecule has 1 aliphatic rings. The topological polar surface area (TPSA) is 58.2 Å². The first-order chi connectivity index (χ1) is 10.4. The molecule has 0 bridgehead atoms. The zero-order chi connectivity index (χ0) is 15.7. The fraction of sp³-hybridized carbons (Fsp3) is 0.286. The van der Waals surface area contributed by atoms with E-state index in [2.05, 4.69) is 14.7 Å². The number of amides is 1. The standard InChI is InChI=1S/C14H12F3N3O2/c15-14(16,17)22-10-3-1-9(2-4-10)13(21)20-6-5-11-12(7-20)19-8-18-11/h1-4,8H,5-7H2,(H,18,19). The molecule has 116 valence electrons. The molecule has 0 saturated heterocycles. The summed E-state index contributed by atoms with van der Waals surface area (Å²) in [6.45, 7) is 0.937. The van der Waals surface area contributed by atoms with E-state index in [1.807, 2.05) is 0 Å². The Balaban J connectivity index is 1.71. The van der Waals surface area contributed by atoms with Crippen molar-refractivity contribution in [3.8, 4) is 5.75 Å². The number of hydrogen-bond acceptors (Lipinski definition) is 3. The second kappa shape index (κ2) is 5.36. The molecule has 0 saturated carbocycles. The molecule has 5 nitrogen and oxygen atoms in total. The first-order valence-corrected chi connectivity index (χ1v) is 6.58. The number of rotatable bonds is 2. The van der Waals surface area contributed by atoms with Crippen molar-refractivity contribution in [1.82, 2.24) is 14.9 Å². The van der Waals surface area contributed by atoms with Crippen molar-refractivity contribution in [2.24, 2.45) is 0 Å². The van der Waals surface area contributed by atoms with Crippen molar-refractivity contribution in [3.05, 3.63) is 47.5 Å². The second-order valence-corrected chi connectivity index (χ2v) is 4.88. The molecule has 8 heteroatoms. The molecule has 0 spiro atoms. The molecule has 0 unspecified atom stereocenters. The summed E-state index contributed by atoms with van der Waals surface area (Å²) >= 11 is 0. The van der Waals surface area contributed by atoms with Gasteiger partial charge in [0, 0.05) is 18.5 Å². The maximum absolute atomic E-state index is 12.4. The molecule has 3 rings (SSSR count). The van der Waals surface area contributed by atoms with Crippen molar-refractivity contribution < 1.29 is 22.7 Å². The lowest BCUT2D eigenvalue weighted by molar-refractivity contribution is -0.274. The second-order valence-electron chi connectivity index (χ2n) is 4.88. The maximum Gasteiger partial charge on any atom is 0.573 e. The van der Waals surface area contributed by atoms with Crippen LogP contribution in [0.2, 0.25) is 0 Å². The molecule has 1 aromatic heterocycles. The zero-order valence-electron chi connectivity index (χ0n) is 11.4. The van der Waals surface area contributed by atoms with E-state index in [0.29, 0.717) is 25.1 Å². The Morgan fingerprint density at radius 2 is 2.00 bits per heavy atom. The van der Waals surface area contributed by atoms with E-state index in [0.717, 1.165) is 23.5 Å². The van der Waals surface area contributed by atoms with Crippen molar-refractivity contribution in [3.63, 3.8) is 0 Å². The van der Waals surface area contributed by atoms with Crippen LogP contribution in [-0.4, -0.2) is 33.7 Å². The lowest BCUT2D eigenvalue weighted by Crippen LogP contribution is -2.36. The van der Waals surface area contributed by atoms with E-state index in [1.54, 1.807) is 11.2 Å². The summed E-state index contributed by atoms with van der Waals surface area (Å²) in [5.41, 5.74) is 2.15. The number of benzene rings is 1. The van der Waals surface area contributed by atoms with Gasteiger partial charge >= 0.3 is 6.36 Å². The molecule has 2 heterocycles. The molecule has 1 amide bonds. The van der Waals surface area contributed by atoms with Gasteiger partial charge in [0.25, 0.3) is 5.91 Å². The van der Waals surface area contributed by atoms with Gasteiger partial charge in [-0.1, -0.05) is 0 Å². The molecular formula is C14H12F3N3O2. The average Bonchev–Trinajstić information content (AvgIpc) is 2.93. The van der Waals surface area contributed by atoms with E-state index in [-0.39, 0.29) is 11.7 Å². The summed E-state index contributed by atoms with van der Waals surface area (Å²) in [4.78, 5) is 21.1. The van der Waals surface area contributed by atoms with E-state index in [1.165, 1.54) is 12.1 Å². The van der Waals surface area contributed by atoms with Crippen LogP contribution in [0.1, 0.15) is 21.7 Å². The van der Waals surface area contributed by atoms with Crippen LogP contribution in [0.15, 0.2) is 30.6 Å². The average molecular weight is 311 g/mol. The molecule has 2 aromatic rings. The summed E-state index contributed by atoms with van der Waals surface area (Å²) in [7, 11) is 0. The number of halogens is 3. The highest BCUT2D eigenvalue weighted by Gasteiger charge is 2.31. The van der Waals surface area contributed by atoms with Crippen LogP contribution in [-0.2, 0) is 13.0 Å². The van der Waals surface area contributed by atoms with Gasteiger partial charge < -0.3 is 14.6 Å². The smallest absolute Gasteiger partial charge is 0.406 e. The number of fused-ring (bicyclic) bond motifs is 1. The minimum atomic E-state index is -4.74. The molecule has 1 N–H and O–H groups in total. The van der Waals surface area contributed by atoms with Crippen LogP contribution in [0.3, 0.4) is 0 Å². The molecular weight excluding hydrogens is 299 g/mol. The number of imidazole rings is 1. The highest BCUT2D eigenvalue weighted by Crippen LogP contribution is 2.24. The van der Waals surface area contributed by atoms with Gasteiger partial charge in [-0.05, 0) is 24.3 Å². The van der Waals surface area contributed by atoms with Gasteiger partial charge in [-0.3, -0.25) is 4.79 Å². The molecule has 1 aliphatic heterocycles. The summed E-state index contributed by atoms with van der Waals surface area (Å²) < 4.78 is 40.1. The number of nitrogens with one attached hydrogen (secondary N) is 1. The fourth-order valence-corrected chi connectivity index (χ4v) is 2.37. The summed E-state index contributed by atoms with van der Waals surface area (Å²) in [5, 5.41) is 0. The molecule has 1 aromatic carbocycles. The SMILES string of the molecule is O=C(c1ccc(OC(F)(F)F)cc1)N1CCc2nc[nH]c2C1. The number of nitrogens with zero attached hydrogens (tertiary/aromatic N) is 2. The maximum atomic E-state index is 12.4. The number of ether oxygens (including phenoxy) is 1. The third-order valence-electron chi connectivity index (χ3n) is 3.40.